The van der Waals surface area contributed by atoms with Gasteiger partial charge in [-0.1, -0.05) is 48.0 Å². The Kier molecular flexibility index (Phi) is 5.08. The van der Waals surface area contributed by atoms with E-state index in [1.165, 1.54) is 12.1 Å². The lowest BCUT2D eigenvalue weighted by Gasteiger charge is -2.11. The van der Waals surface area contributed by atoms with Crippen molar-refractivity contribution in [3.63, 3.8) is 0 Å². The highest BCUT2D eigenvalue weighted by Gasteiger charge is 2.30. The molecule has 5 heteroatoms. The van der Waals surface area contributed by atoms with Crippen LogP contribution in [0.3, 0.4) is 0 Å². The van der Waals surface area contributed by atoms with E-state index >= 15 is 0 Å². The number of benzene rings is 3. The summed E-state index contributed by atoms with van der Waals surface area (Å²) in [6.07, 6.45) is 0. The average molecular weight is 420 g/mol. The van der Waals surface area contributed by atoms with Gasteiger partial charge in [-0.2, -0.15) is 0 Å². The Balaban J connectivity index is 2.06. The lowest BCUT2D eigenvalue weighted by Crippen LogP contribution is -2.05. The molecule has 4 rings (SSSR count). The molecular formula is C25H22FNO2S. The number of rotatable bonds is 4. The minimum Gasteiger partial charge on any atom is -0.342 e. The van der Waals surface area contributed by atoms with Crippen LogP contribution in [0.15, 0.2) is 88.7 Å². The minimum atomic E-state index is -3.80. The van der Waals surface area contributed by atoms with E-state index in [-0.39, 0.29) is 15.6 Å². The Morgan fingerprint density at radius 3 is 1.90 bits per heavy atom. The predicted octanol–water partition coefficient (Wildman–Crippen LogP) is 5.95. The molecule has 0 fully saturated rings. The fourth-order valence-electron chi connectivity index (χ4n) is 3.90. The maximum atomic E-state index is 13.7. The standard InChI is InChI=1S/C25H22FNO2S/c1-17-9-15-22(16-10-17)30(28,29)25-18(2)23(19-7-5-4-6-8-19)27(3)24(25)20-11-13-21(26)14-12-20/h4-16H,1-3H3. The first-order valence-corrected chi connectivity index (χ1v) is 11.1. The molecule has 0 spiro atoms. The van der Waals surface area contributed by atoms with Crippen molar-refractivity contribution < 1.29 is 12.8 Å². The molecule has 1 aromatic heterocycles. The van der Waals surface area contributed by atoms with E-state index in [1.54, 1.807) is 36.4 Å². The number of halogens is 1. The molecule has 0 aliphatic rings. The van der Waals surface area contributed by atoms with E-state index in [4.69, 9.17) is 0 Å². The number of hydrogen-bond acceptors (Lipinski definition) is 2. The molecule has 0 aliphatic heterocycles. The van der Waals surface area contributed by atoms with Crippen molar-refractivity contribution in [3.8, 4) is 22.5 Å². The van der Waals surface area contributed by atoms with Gasteiger partial charge in [-0.05, 0) is 66.9 Å². The van der Waals surface area contributed by atoms with Gasteiger partial charge in [0.15, 0.2) is 0 Å². The first-order valence-electron chi connectivity index (χ1n) is 9.63. The lowest BCUT2D eigenvalue weighted by atomic mass is 10.1. The molecule has 0 radical (unpaired) electrons. The summed E-state index contributed by atoms with van der Waals surface area (Å²) < 4.78 is 42.9. The van der Waals surface area contributed by atoms with E-state index in [0.29, 0.717) is 16.8 Å². The molecule has 0 unspecified atom stereocenters. The maximum absolute atomic E-state index is 13.7. The second-order valence-corrected chi connectivity index (χ2v) is 9.29. The molecule has 0 N–H and O–H groups in total. The van der Waals surface area contributed by atoms with Gasteiger partial charge < -0.3 is 4.57 Å². The van der Waals surface area contributed by atoms with E-state index in [2.05, 4.69) is 0 Å². The zero-order chi connectivity index (χ0) is 21.5. The molecular weight excluding hydrogens is 397 g/mol. The van der Waals surface area contributed by atoms with Crippen LogP contribution in [-0.4, -0.2) is 13.0 Å². The van der Waals surface area contributed by atoms with Crippen LogP contribution in [-0.2, 0) is 16.9 Å². The smallest absolute Gasteiger partial charge is 0.209 e. The summed E-state index contributed by atoms with van der Waals surface area (Å²) in [6, 6.07) is 22.5. The average Bonchev–Trinajstić information content (AvgIpc) is 3.00. The van der Waals surface area contributed by atoms with Gasteiger partial charge in [0, 0.05) is 7.05 Å². The Bertz CT molecular complexity index is 1300. The normalized spacial score (nSPS) is 11.6. The highest BCUT2D eigenvalue weighted by atomic mass is 32.2. The third-order valence-corrected chi connectivity index (χ3v) is 7.28. The van der Waals surface area contributed by atoms with Crippen LogP contribution < -0.4 is 0 Å². The molecule has 30 heavy (non-hydrogen) atoms. The minimum absolute atomic E-state index is 0.241. The quantitative estimate of drug-likeness (QED) is 0.410. The number of sulfone groups is 1. The third-order valence-electron chi connectivity index (χ3n) is 5.35. The van der Waals surface area contributed by atoms with Crippen molar-refractivity contribution in [2.45, 2.75) is 23.6 Å². The number of aryl methyl sites for hydroxylation is 1. The van der Waals surface area contributed by atoms with Crippen LogP contribution in [0.5, 0.6) is 0 Å². The molecule has 4 aromatic rings. The Morgan fingerprint density at radius 2 is 1.30 bits per heavy atom. The fraction of sp³-hybridized carbons (Fsp3) is 0.120. The van der Waals surface area contributed by atoms with Crippen LogP contribution >= 0.6 is 0 Å². The molecule has 0 saturated heterocycles. The Morgan fingerprint density at radius 1 is 0.733 bits per heavy atom. The van der Waals surface area contributed by atoms with Crippen molar-refractivity contribution in [1.29, 1.82) is 0 Å². The molecule has 0 aliphatic carbocycles. The van der Waals surface area contributed by atoms with E-state index < -0.39 is 9.84 Å². The summed E-state index contributed by atoms with van der Waals surface area (Å²) in [6.45, 7) is 3.75. The van der Waals surface area contributed by atoms with Crippen LogP contribution in [0.1, 0.15) is 11.1 Å². The largest absolute Gasteiger partial charge is 0.342 e. The third kappa shape index (κ3) is 3.35. The van der Waals surface area contributed by atoms with Gasteiger partial charge in [0.25, 0.3) is 0 Å². The van der Waals surface area contributed by atoms with Crippen molar-refractivity contribution in [2.75, 3.05) is 0 Å². The number of aromatic nitrogens is 1. The molecule has 0 amide bonds. The zero-order valence-electron chi connectivity index (χ0n) is 17.1. The van der Waals surface area contributed by atoms with Crippen LogP contribution in [0, 0.1) is 19.7 Å². The second-order valence-electron chi connectivity index (χ2n) is 7.40. The lowest BCUT2D eigenvalue weighted by molar-refractivity contribution is 0.596. The fourth-order valence-corrected chi connectivity index (χ4v) is 5.64. The highest BCUT2D eigenvalue weighted by Crippen LogP contribution is 2.41. The molecule has 0 bridgehead atoms. The maximum Gasteiger partial charge on any atom is 0.209 e. The topological polar surface area (TPSA) is 39.1 Å². The van der Waals surface area contributed by atoms with Crippen molar-refractivity contribution in [3.05, 3.63) is 95.8 Å². The molecule has 0 atom stereocenters. The SMILES string of the molecule is Cc1ccc(S(=O)(=O)c2c(C)c(-c3ccccc3)n(C)c2-c2ccc(F)cc2)cc1. The summed E-state index contributed by atoms with van der Waals surface area (Å²) >= 11 is 0. The van der Waals surface area contributed by atoms with Gasteiger partial charge in [-0.25, -0.2) is 12.8 Å². The number of hydrogen-bond donors (Lipinski definition) is 0. The number of nitrogens with zero attached hydrogens (tertiary/aromatic N) is 1. The van der Waals surface area contributed by atoms with Crippen LogP contribution in [0.25, 0.3) is 22.5 Å². The van der Waals surface area contributed by atoms with Crippen LogP contribution in [0.2, 0.25) is 0 Å². The summed E-state index contributed by atoms with van der Waals surface area (Å²) in [7, 11) is -1.95. The zero-order valence-corrected chi connectivity index (χ0v) is 17.9. The van der Waals surface area contributed by atoms with Gasteiger partial charge in [0.1, 0.15) is 10.7 Å². The van der Waals surface area contributed by atoms with Gasteiger partial charge >= 0.3 is 0 Å². The molecule has 3 aromatic carbocycles. The van der Waals surface area contributed by atoms with Crippen molar-refractivity contribution in [1.82, 2.24) is 4.57 Å². The molecule has 3 nitrogen and oxygen atoms in total. The van der Waals surface area contributed by atoms with Gasteiger partial charge in [0.2, 0.25) is 9.84 Å². The summed E-state index contributed by atoms with van der Waals surface area (Å²) in [4.78, 5) is 0.490. The summed E-state index contributed by atoms with van der Waals surface area (Å²) in [5, 5.41) is 0. The monoisotopic (exact) mass is 419 g/mol. The van der Waals surface area contributed by atoms with E-state index in [1.807, 2.05) is 55.8 Å². The first kappa shape index (κ1) is 20.1. The summed E-state index contributed by atoms with van der Waals surface area (Å²) in [5.74, 6) is -0.365. The van der Waals surface area contributed by atoms with Gasteiger partial charge in [-0.15, -0.1) is 0 Å². The first-order chi connectivity index (χ1) is 14.3. The molecule has 0 saturated carbocycles. The summed E-state index contributed by atoms with van der Waals surface area (Å²) in [5.41, 5.74) is 4.60. The van der Waals surface area contributed by atoms with Crippen molar-refractivity contribution >= 4 is 9.84 Å². The van der Waals surface area contributed by atoms with Gasteiger partial charge in [-0.3, -0.25) is 0 Å². The predicted molar refractivity (Wildman–Crippen MR) is 118 cm³/mol. The second kappa shape index (κ2) is 7.58. The Hall–Kier alpha value is -3.18. The van der Waals surface area contributed by atoms with E-state index in [9.17, 15) is 12.8 Å². The highest BCUT2D eigenvalue weighted by molar-refractivity contribution is 7.91. The van der Waals surface area contributed by atoms with Gasteiger partial charge in [0.05, 0.1) is 16.3 Å². The molecule has 152 valence electrons. The van der Waals surface area contributed by atoms with Crippen LogP contribution in [0.4, 0.5) is 4.39 Å². The Labute approximate surface area is 176 Å². The van der Waals surface area contributed by atoms with Crippen molar-refractivity contribution in [2.24, 2.45) is 7.05 Å². The molecule has 1 heterocycles. The van der Waals surface area contributed by atoms with E-state index in [0.717, 1.165) is 16.8 Å².